The van der Waals surface area contributed by atoms with E-state index in [1.165, 1.54) is 13.2 Å². The molecule has 0 aliphatic carbocycles. The number of amides is 2. The summed E-state index contributed by atoms with van der Waals surface area (Å²) in [6.45, 7) is 4.16. The number of ether oxygens (including phenoxy) is 2. The summed E-state index contributed by atoms with van der Waals surface area (Å²) in [7, 11) is 1.46. The number of phenols is 1. The van der Waals surface area contributed by atoms with Gasteiger partial charge < -0.3 is 19.9 Å². The van der Waals surface area contributed by atoms with Gasteiger partial charge in [-0.15, -0.1) is 0 Å². The van der Waals surface area contributed by atoms with Crippen LogP contribution in [0.2, 0.25) is 0 Å². The Labute approximate surface area is 174 Å². The quantitative estimate of drug-likeness (QED) is 0.533. The number of anilines is 2. The lowest BCUT2D eigenvalue weighted by Crippen LogP contribution is -2.17. The summed E-state index contributed by atoms with van der Waals surface area (Å²) < 4.78 is 10.6. The molecule has 0 aliphatic heterocycles. The van der Waals surface area contributed by atoms with Crippen molar-refractivity contribution < 1.29 is 24.2 Å². The van der Waals surface area contributed by atoms with Gasteiger partial charge >= 0.3 is 6.09 Å². The van der Waals surface area contributed by atoms with E-state index in [4.69, 9.17) is 9.47 Å². The summed E-state index contributed by atoms with van der Waals surface area (Å²) in [6, 6.07) is 15.4. The Morgan fingerprint density at radius 1 is 1.03 bits per heavy atom. The van der Waals surface area contributed by atoms with Crippen LogP contribution in [0.15, 0.2) is 54.6 Å². The van der Waals surface area contributed by atoms with Crippen LogP contribution in [0.1, 0.15) is 24.2 Å². The van der Waals surface area contributed by atoms with E-state index in [1.54, 1.807) is 42.5 Å². The van der Waals surface area contributed by atoms with Gasteiger partial charge in [-0.25, -0.2) is 4.79 Å². The van der Waals surface area contributed by atoms with E-state index in [9.17, 15) is 14.7 Å². The molecule has 3 N–H and O–H groups in total. The average Bonchev–Trinajstić information content (AvgIpc) is 2.73. The van der Waals surface area contributed by atoms with Crippen LogP contribution in [0.4, 0.5) is 16.2 Å². The van der Waals surface area contributed by atoms with Crippen LogP contribution in [0.5, 0.6) is 11.5 Å². The van der Waals surface area contributed by atoms with Crippen LogP contribution in [-0.2, 0) is 4.74 Å². The summed E-state index contributed by atoms with van der Waals surface area (Å²) in [4.78, 5) is 24.9. The van der Waals surface area contributed by atoms with Gasteiger partial charge in [0, 0.05) is 11.1 Å². The van der Waals surface area contributed by atoms with E-state index in [0.29, 0.717) is 27.9 Å². The van der Waals surface area contributed by atoms with E-state index in [0.717, 1.165) is 0 Å². The van der Waals surface area contributed by atoms with Gasteiger partial charge in [-0.1, -0.05) is 44.2 Å². The molecule has 0 aromatic heterocycles. The number of para-hydroxylation sites is 1. The van der Waals surface area contributed by atoms with Crippen LogP contribution < -0.4 is 15.4 Å². The van der Waals surface area contributed by atoms with E-state index < -0.39 is 12.0 Å². The largest absolute Gasteiger partial charge is 0.506 e. The Morgan fingerprint density at radius 3 is 2.43 bits per heavy atom. The number of methoxy groups -OCH3 is 1. The van der Waals surface area contributed by atoms with E-state index >= 15 is 0 Å². The molecule has 0 saturated heterocycles. The molecule has 0 saturated carbocycles. The van der Waals surface area contributed by atoms with Crippen LogP contribution in [0.3, 0.4) is 0 Å². The molecule has 3 aromatic carbocycles. The summed E-state index contributed by atoms with van der Waals surface area (Å²) in [5.74, 6) is -0.152. The maximum atomic E-state index is 12.7. The van der Waals surface area contributed by atoms with Crippen molar-refractivity contribution >= 4 is 34.1 Å². The number of carbonyl (C=O) groups excluding carboxylic acids is 2. The lowest BCUT2D eigenvalue weighted by Gasteiger charge is -2.16. The standard InChI is InChI=1S/C23H24N2O5/c1-14(2)13-30-23(28)25-18-11-7-10-16-20(18)19(29-3)12-17(21(16)26)22(27)24-15-8-5-4-6-9-15/h4-12,14,26H,13H2,1-3H3,(H,24,27)(H,25,28). The molecule has 7 heteroatoms. The smallest absolute Gasteiger partial charge is 0.411 e. The number of benzene rings is 3. The number of hydrogen-bond donors (Lipinski definition) is 3. The normalized spacial score (nSPS) is 10.7. The van der Waals surface area contributed by atoms with Gasteiger partial charge in [0.1, 0.15) is 11.5 Å². The molecule has 7 nitrogen and oxygen atoms in total. The van der Waals surface area contributed by atoms with Crippen molar-refractivity contribution in [3.05, 3.63) is 60.2 Å². The summed E-state index contributed by atoms with van der Waals surface area (Å²) in [5, 5.41) is 17.1. The number of fused-ring (bicyclic) bond motifs is 1. The third kappa shape index (κ3) is 4.63. The highest BCUT2D eigenvalue weighted by molar-refractivity contribution is 6.14. The molecule has 0 fully saturated rings. The molecule has 0 heterocycles. The summed E-state index contributed by atoms with van der Waals surface area (Å²) in [5.41, 5.74) is 1.07. The number of carbonyl (C=O) groups is 2. The second-order valence-corrected chi connectivity index (χ2v) is 7.14. The number of rotatable bonds is 6. The molecule has 0 radical (unpaired) electrons. The Bertz CT molecular complexity index is 1060. The van der Waals surface area contributed by atoms with E-state index in [1.807, 2.05) is 19.9 Å². The van der Waals surface area contributed by atoms with Crippen LogP contribution in [-0.4, -0.2) is 30.8 Å². The first-order chi connectivity index (χ1) is 14.4. The Kier molecular flexibility index (Phi) is 6.41. The second-order valence-electron chi connectivity index (χ2n) is 7.14. The third-order valence-electron chi connectivity index (χ3n) is 4.38. The van der Waals surface area contributed by atoms with Gasteiger partial charge in [0.05, 0.1) is 30.4 Å². The highest BCUT2D eigenvalue weighted by Gasteiger charge is 2.20. The molecular formula is C23H24N2O5. The number of hydrogen-bond acceptors (Lipinski definition) is 5. The minimum atomic E-state index is -0.608. The van der Waals surface area contributed by atoms with Gasteiger partial charge in [0.15, 0.2) is 0 Å². The van der Waals surface area contributed by atoms with Crippen molar-refractivity contribution in [1.29, 1.82) is 0 Å². The maximum Gasteiger partial charge on any atom is 0.411 e. The zero-order chi connectivity index (χ0) is 21.7. The molecule has 30 heavy (non-hydrogen) atoms. The van der Waals surface area contributed by atoms with Crippen molar-refractivity contribution in [1.82, 2.24) is 0 Å². The highest BCUT2D eigenvalue weighted by Crippen LogP contribution is 2.40. The first-order valence-electron chi connectivity index (χ1n) is 9.53. The van der Waals surface area contributed by atoms with E-state index in [-0.39, 0.29) is 23.8 Å². The molecule has 156 valence electrons. The highest BCUT2D eigenvalue weighted by atomic mass is 16.5. The van der Waals surface area contributed by atoms with Crippen molar-refractivity contribution in [2.45, 2.75) is 13.8 Å². The molecule has 0 spiro atoms. The fourth-order valence-corrected chi connectivity index (χ4v) is 2.98. The zero-order valence-electron chi connectivity index (χ0n) is 17.1. The van der Waals surface area contributed by atoms with Gasteiger partial charge in [-0.2, -0.15) is 0 Å². The third-order valence-corrected chi connectivity index (χ3v) is 4.38. The second kappa shape index (κ2) is 9.17. The topological polar surface area (TPSA) is 96.9 Å². The minimum absolute atomic E-state index is 0.0581. The van der Waals surface area contributed by atoms with Gasteiger partial charge in [-0.3, -0.25) is 10.1 Å². The van der Waals surface area contributed by atoms with Gasteiger partial charge in [-0.05, 0) is 30.2 Å². The molecule has 3 aromatic rings. The Hall–Kier alpha value is -3.74. The molecule has 0 atom stereocenters. The first-order valence-corrected chi connectivity index (χ1v) is 9.53. The lowest BCUT2D eigenvalue weighted by molar-refractivity contribution is 0.102. The first kappa shape index (κ1) is 21.0. The fourth-order valence-electron chi connectivity index (χ4n) is 2.98. The Morgan fingerprint density at radius 2 is 1.77 bits per heavy atom. The number of phenolic OH excluding ortho intramolecular Hbond substituents is 1. The summed E-state index contributed by atoms with van der Waals surface area (Å²) in [6.07, 6.45) is -0.608. The van der Waals surface area contributed by atoms with Gasteiger partial charge in [0.2, 0.25) is 0 Å². The minimum Gasteiger partial charge on any atom is -0.506 e. The molecule has 2 amide bonds. The lowest BCUT2D eigenvalue weighted by atomic mass is 10.0. The average molecular weight is 408 g/mol. The SMILES string of the molecule is COc1cc(C(=O)Nc2ccccc2)c(O)c2cccc(NC(=O)OCC(C)C)c12. The predicted octanol–water partition coefficient (Wildman–Crippen LogP) is 5.01. The zero-order valence-corrected chi connectivity index (χ0v) is 17.1. The Balaban J connectivity index is 1.98. The monoisotopic (exact) mass is 408 g/mol. The number of aromatic hydroxyl groups is 1. The summed E-state index contributed by atoms with van der Waals surface area (Å²) >= 11 is 0. The van der Waals surface area contributed by atoms with Crippen LogP contribution in [0, 0.1) is 5.92 Å². The van der Waals surface area contributed by atoms with Crippen LogP contribution in [0.25, 0.3) is 10.8 Å². The molecular weight excluding hydrogens is 384 g/mol. The van der Waals surface area contributed by atoms with Crippen molar-refractivity contribution in [2.75, 3.05) is 24.4 Å². The van der Waals surface area contributed by atoms with Crippen LogP contribution >= 0.6 is 0 Å². The maximum absolute atomic E-state index is 12.7. The number of nitrogens with one attached hydrogen (secondary N) is 2. The van der Waals surface area contributed by atoms with Crippen molar-refractivity contribution in [3.8, 4) is 11.5 Å². The van der Waals surface area contributed by atoms with Crippen molar-refractivity contribution in [3.63, 3.8) is 0 Å². The molecule has 3 rings (SSSR count). The molecule has 0 aliphatic rings. The fraction of sp³-hybridized carbons (Fsp3) is 0.217. The molecule has 0 bridgehead atoms. The predicted molar refractivity (Wildman–Crippen MR) is 116 cm³/mol. The molecule has 0 unspecified atom stereocenters. The van der Waals surface area contributed by atoms with E-state index in [2.05, 4.69) is 10.6 Å². The van der Waals surface area contributed by atoms with Crippen molar-refractivity contribution in [2.24, 2.45) is 5.92 Å². The van der Waals surface area contributed by atoms with Gasteiger partial charge in [0.25, 0.3) is 5.91 Å².